The third-order valence-corrected chi connectivity index (χ3v) is 2.34. The Balaban J connectivity index is 2.58. The monoisotopic (exact) mass is 238 g/mol. The minimum absolute atomic E-state index is 0.0586. The standard InChI is InChI=1S/C13H15FO3/c1-3-17-13(16)7-6-12(15)10-4-5-11(14)9(2)8-10/h4-5,8H,3,6-7H2,1-2H3. The van der Waals surface area contributed by atoms with Gasteiger partial charge in [-0.25, -0.2) is 4.39 Å². The molecule has 1 aromatic carbocycles. The molecule has 3 nitrogen and oxygen atoms in total. The lowest BCUT2D eigenvalue weighted by Crippen LogP contribution is -2.08. The Kier molecular flexibility index (Phi) is 4.82. The van der Waals surface area contributed by atoms with Crippen molar-refractivity contribution in [3.8, 4) is 0 Å². The smallest absolute Gasteiger partial charge is 0.306 e. The van der Waals surface area contributed by atoms with Crippen molar-refractivity contribution in [1.82, 2.24) is 0 Å². The fraction of sp³-hybridized carbons (Fsp3) is 0.385. The van der Waals surface area contributed by atoms with Crippen LogP contribution >= 0.6 is 0 Å². The van der Waals surface area contributed by atoms with E-state index in [1.807, 2.05) is 0 Å². The van der Waals surface area contributed by atoms with Crippen LogP contribution in [0, 0.1) is 12.7 Å². The number of halogens is 1. The summed E-state index contributed by atoms with van der Waals surface area (Å²) in [5.74, 6) is -0.909. The van der Waals surface area contributed by atoms with E-state index in [-0.39, 0.29) is 30.4 Å². The summed E-state index contributed by atoms with van der Waals surface area (Å²) in [6, 6.07) is 4.17. The highest BCUT2D eigenvalue weighted by Crippen LogP contribution is 2.12. The van der Waals surface area contributed by atoms with E-state index in [0.717, 1.165) is 0 Å². The van der Waals surface area contributed by atoms with Crippen LogP contribution in [0.15, 0.2) is 18.2 Å². The maximum atomic E-state index is 13.0. The van der Waals surface area contributed by atoms with Gasteiger partial charge in [0.1, 0.15) is 5.82 Å². The Morgan fingerprint density at radius 3 is 2.59 bits per heavy atom. The number of carbonyl (C=O) groups excluding carboxylic acids is 2. The van der Waals surface area contributed by atoms with Crippen molar-refractivity contribution in [3.63, 3.8) is 0 Å². The predicted molar refractivity (Wildman–Crippen MR) is 61.3 cm³/mol. The van der Waals surface area contributed by atoms with Gasteiger partial charge in [-0.1, -0.05) is 0 Å². The molecule has 0 unspecified atom stereocenters. The molecule has 0 aliphatic heterocycles. The molecule has 0 bridgehead atoms. The molecule has 0 amide bonds. The lowest BCUT2D eigenvalue weighted by atomic mass is 10.0. The van der Waals surface area contributed by atoms with E-state index in [1.54, 1.807) is 13.8 Å². The van der Waals surface area contributed by atoms with Gasteiger partial charge in [-0.2, -0.15) is 0 Å². The van der Waals surface area contributed by atoms with Crippen molar-refractivity contribution in [2.75, 3.05) is 6.61 Å². The molecule has 0 aliphatic carbocycles. The minimum atomic E-state index is -0.389. The van der Waals surface area contributed by atoms with Gasteiger partial charge >= 0.3 is 5.97 Å². The molecule has 0 spiro atoms. The zero-order chi connectivity index (χ0) is 12.8. The van der Waals surface area contributed by atoms with Gasteiger partial charge in [-0.3, -0.25) is 9.59 Å². The molecule has 92 valence electrons. The van der Waals surface area contributed by atoms with Crippen molar-refractivity contribution in [2.45, 2.75) is 26.7 Å². The minimum Gasteiger partial charge on any atom is -0.466 e. The second kappa shape index (κ2) is 6.13. The molecule has 0 N–H and O–H groups in total. The number of hydrogen-bond donors (Lipinski definition) is 0. The van der Waals surface area contributed by atoms with Gasteiger partial charge in [0, 0.05) is 12.0 Å². The van der Waals surface area contributed by atoms with Crippen molar-refractivity contribution >= 4 is 11.8 Å². The molecule has 0 heterocycles. The van der Waals surface area contributed by atoms with Crippen LogP contribution in [0.3, 0.4) is 0 Å². The van der Waals surface area contributed by atoms with Crippen LogP contribution in [0.2, 0.25) is 0 Å². The van der Waals surface area contributed by atoms with Crippen molar-refractivity contribution in [2.24, 2.45) is 0 Å². The summed E-state index contributed by atoms with van der Waals surface area (Å²) in [5.41, 5.74) is 0.847. The van der Waals surface area contributed by atoms with Crippen LogP contribution in [0.1, 0.15) is 35.7 Å². The van der Waals surface area contributed by atoms with Gasteiger partial charge in [0.2, 0.25) is 0 Å². The summed E-state index contributed by atoms with van der Waals surface area (Å²) in [4.78, 5) is 22.8. The molecule has 0 aromatic heterocycles. The number of rotatable bonds is 5. The second-order valence-electron chi connectivity index (χ2n) is 3.69. The molecule has 0 radical (unpaired) electrons. The molecular weight excluding hydrogens is 223 g/mol. The van der Waals surface area contributed by atoms with Crippen LogP contribution in [-0.4, -0.2) is 18.4 Å². The van der Waals surface area contributed by atoms with Gasteiger partial charge in [0.15, 0.2) is 5.78 Å². The Labute approximate surface area is 99.6 Å². The Morgan fingerprint density at radius 2 is 2.00 bits per heavy atom. The average molecular weight is 238 g/mol. The molecule has 0 fully saturated rings. The average Bonchev–Trinajstić information content (AvgIpc) is 2.30. The van der Waals surface area contributed by atoms with E-state index >= 15 is 0 Å². The van der Waals surface area contributed by atoms with E-state index in [9.17, 15) is 14.0 Å². The van der Waals surface area contributed by atoms with E-state index in [1.165, 1.54) is 18.2 Å². The number of esters is 1. The third-order valence-electron chi connectivity index (χ3n) is 2.34. The third kappa shape index (κ3) is 3.98. The highest BCUT2D eigenvalue weighted by atomic mass is 19.1. The fourth-order valence-electron chi connectivity index (χ4n) is 1.41. The first-order chi connectivity index (χ1) is 8.04. The van der Waals surface area contributed by atoms with Gasteiger partial charge < -0.3 is 4.74 Å². The maximum Gasteiger partial charge on any atom is 0.306 e. The molecule has 17 heavy (non-hydrogen) atoms. The number of aryl methyl sites for hydroxylation is 1. The molecule has 1 aromatic rings. The molecule has 1 rings (SSSR count). The summed E-state index contributed by atoms with van der Waals surface area (Å²) in [7, 11) is 0. The van der Waals surface area contributed by atoms with E-state index in [4.69, 9.17) is 4.74 Å². The highest BCUT2D eigenvalue weighted by molar-refractivity contribution is 5.97. The summed E-state index contributed by atoms with van der Waals surface area (Å²) in [6.45, 7) is 3.61. The van der Waals surface area contributed by atoms with Gasteiger partial charge in [-0.15, -0.1) is 0 Å². The first-order valence-corrected chi connectivity index (χ1v) is 5.49. The first-order valence-electron chi connectivity index (χ1n) is 5.49. The van der Waals surface area contributed by atoms with Crippen LogP contribution in [0.25, 0.3) is 0 Å². The quantitative estimate of drug-likeness (QED) is 0.585. The molecule has 0 atom stereocenters. The molecular formula is C13H15FO3. The second-order valence-corrected chi connectivity index (χ2v) is 3.69. The van der Waals surface area contributed by atoms with E-state index in [2.05, 4.69) is 0 Å². The molecule has 0 saturated carbocycles. The van der Waals surface area contributed by atoms with Crippen LogP contribution in [0.5, 0.6) is 0 Å². The van der Waals surface area contributed by atoms with Gasteiger partial charge in [-0.05, 0) is 37.6 Å². The number of ketones is 1. The fourth-order valence-corrected chi connectivity index (χ4v) is 1.41. The molecule has 4 heteroatoms. The normalized spacial score (nSPS) is 10.1. The van der Waals surface area contributed by atoms with Crippen LogP contribution in [-0.2, 0) is 9.53 Å². The summed E-state index contributed by atoms with van der Waals surface area (Å²) >= 11 is 0. The topological polar surface area (TPSA) is 43.4 Å². The Hall–Kier alpha value is -1.71. The van der Waals surface area contributed by atoms with Gasteiger partial charge in [0.05, 0.1) is 13.0 Å². The zero-order valence-corrected chi connectivity index (χ0v) is 9.96. The number of ether oxygens (including phenoxy) is 1. The largest absolute Gasteiger partial charge is 0.466 e. The van der Waals surface area contributed by atoms with E-state index in [0.29, 0.717) is 17.7 Å². The SMILES string of the molecule is CCOC(=O)CCC(=O)c1ccc(F)c(C)c1. The van der Waals surface area contributed by atoms with Gasteiger partial charge in [0.25, 0.3) is 0 Å². The Bertz CT molecular complexity index is 427. The number of Topliss-reactive ketones (excluding diaryl/α,β-unsaturated/α-hetero) is 1. The van der Waals surface area contributed by atoms with Crippen molar-refractivity contribution < 1.29 is 18.7 Å². The predicted octanol–water partition coefficient (Wildman–Crippen LogP) is 2.66. The zero-order valence-electron chi connectivity index (χ0n) is 9.96. The first kappa shape index (κ1) is 13.4. The lowest BCUT2D eigenvalue weighted by molar-refractivity contribution is -0.143. The maximum absolute atomic E-state index is 13.0. The summed E-state index contributed by atoms with van der Waals surface area (Å²) in [6.07, 6.45) is 0.146. The molecule has 0 aliphatic rings. The van der Waals surface area contributed by atoms with Crippen LogP contribution < -0.4 is 0 Å². The summed E-state index contributed by atoms with van der Waals surface area (Å²) < 4.78 is 17.7. The Morgan fingerprint density at radius 1 is 1.29 bits per heavy atom. The number of hydrogen-bond acceptors (Lipinski definition) is 3. The lowest BCUT2D eigenvalue weighted by Gasteiger charge is -2.03. The van der Waals surface area contributed by atoms with E-state index < -0.39 is 0 Å². The van der Waals surface area contributed by atoms with Crippen molar-refractivity contribution in [3.05, 3.63) is 35.1 Å². The number of benzene rings is 1. The van der Waals surface area contributed by atoms with Crippen molar-refractivity contribution in [1.29, 1.82) is 0 Å². The van der Waals surface area contributed by atoms with Crippen LogP contribution in [0.4, 0.5) is 4.39 Å². The summed E-state index contributed by atoms with van der Waals surface area (Å²) in [5, 5.41) is 0. The highest BCUT2D eigenvalue weighted by Gasteiger charge is 2.11. The molecule has 0 saturated heterocycles. The number of carbonyl (C=O) groups is 2.